The van der Waals surface area contributed by atoms with Crippen LogP contribution in [-0.2, 0) is 0 Å². The van der Waals surface area contributed by atoms with E-state index in [0.717, 1.165) is 37.2 Å². The molecule has 1 atom stereocenters. The summed E-state index contributed by atoms with van der Waals surface area (Å²) in [6.45, 7) is 5.00. The first-order chi connectivity index (χ1) is 17.2. The minimum Gasteiger partial charge on any atom is -0.368 e. The second-order valence-corrected chi connectivity index (χ2v) is 9.04. The van der Waals surface area contributed by atoms with E-state index in [1.165, 1.54) is 24.4 Å². The zero-order valence-corrected chi connectivity index (χ0v) is 20.1. The molecule has 3 aromatic rings. The molecule has 36 heavy (non-hydrogen) atoms. The summed E-state index contributed by atoms with van der Waals surface area (Å²) in [4.78, 5) is 35.7. The van der Waals surface area contributed by atoms with Crippen LogP contribution < -0.4 is 21.3 Å². The second-order valence-electron chi connectivity index (χ2n) is 9.04. The predicted octanol–water partition coefficient (Wildman–Crippen LogP) is 3.74. The molecule has 3 heterocycles. The number of halogens is 2. The fraction of sp³-hybridized carbons (Fsp3) is 0.308. The Labute approximate surface area is 207 Å². The summed E-state index contributed by atoms with van der Waals surface area (Å²) in [6, 6.07) is 7.79. The third-order valence-corrected chi connectivity index (χ3v) is 5.83. The van der Waals surface area contributed by atoms with Gasteiger partial charge in [-0.3, -0.25) is 14.6 Å². The van der Waals surface area contributed by atoms with Gasteiger partial charge in [-0.15, -0.1) is 0 Å². The van der Waals surface area contributed by atoms with Crippen molar-refractivity contribution in [2.24, 2.45) is 5.73 Å². The van der Waals surface area contributed by atoms with Crippen molar-refractivity contribution < 1.29 is 18.4 Å². The number of benzene rings is 1. The molecule has 0 radical (unpaired) electrons. The molecule has 4 N–H and O–H groups in total. The van der Waals surface area contributed by atoms with Crippen LogP contribution in [0.2, 0.25) is 0 Å². The molecule has 1 fully saturated rings. The van der Waals surface area contributed by atoms with E-state index < -0.39 is 23.2 Å². The maximum absolute atomic E-state index is 14.7. The molecule has 2 aromatic heterocycles. The van der Waals surface area contributed by atoms with Crippen LogP contribution in [0.4, 0.5) is 20.2 Å². The zero-order valence-electron chi connectivity index (χ0n) is 20.1. The summed E-state index contributed by atoms with van der Waals surface area (Å²) in [5.74, 6) is -2.71. The molecule has 1 aliphatic rings. The van der Waals surface area contributed by atoms with Crippen molar-refractivity contribution in [3.63, 3.8) is 0 Å². The topological polar surface area (TPSA) is 113 Å². The van der Waals surface area contributed by atoms with Gasteiger partial charge in [-0.25, -0.2) is 13.8 Å². The maximum atomic E-state index is 14.7. The van der Waals surface area contributed by atoms with E-state index in [9.17, 15) is 18.4 Å². The number of carbonyl (C=O) groups is 2. The number of carbonyl (C=O) groups excluding carboxylic acids is 2. The van der Waals surface area contributed by atoms with Crippen LogP contribution in [0.25, 0.3) is 11.3 Å². The molecule has 8 nitrogen and oxygen atoms in total. The molecular weight excluding hydrogens is 466 g/mol. The highest BCUT2D eigenvalue weighted by molar-refractivity contribution is 6.05. The lowest BCUT2D eigenvalue weighted by Gasteiger charge is -2.33. The Balaban J connectivity index is 1.62. The number of nitrogens with zero attached hydrogens (tertiary/aromatic N) is 3. The van der Waals surface area contributed by atoms with Crippen molar-refractivity contribution in [2.45, 2.75) is 38.8 Å². The minimum atomic E-state index is -0.865. The van der Waals surface area contributed by atoms with Gasteiger partial charge in [0.1, 0.15) is 5.82 Å². The fourth-order valence-corrected chi connectivity index (χ4v) is 4.13. The predicted molar refractivity (Wildman–Crippen MR) is 134 cm³/mol. The van der Waals surface area contributed by atoms with E-state index in [-0.39, 0.29) is 34.8 Å². The summed E-state index contributed by atoms with van der Waals surface area (Å²) in [7, 11) is 0. The Morgan fingerprint density at radius 3 is 2.64 bits per heavy atom. The number of hydrogen-bond acceptors (Lipinski definition) is 6. The summed E-state index contributed by atoms with van der Waals surface area (Å²) < 4.78 is 29.3. The molecule has 4 rings (SSSR count). The minimum absolute atomic E-state index is 0.0135. The molecule has 188 valence electrons. The normalized spacial score (nSPS) is 15.6. The van der Waals surface area contributed by atoms with E-state index in [0.29, 0.717) is 12.2 Å². The first-order valence-corrected chi connectivity index (χ1v) is 11.8. The van der Waals surface area contributed by atoms with Crippen molar-refractivity contribution in [2.75, 3.05) is 23.3 Å². The van der Waals surface area contributed by atoms with Gasteiger partial charge >= 0.3 is 0 Å². The number of nitrogens with two attached hydrogens (primary N) is 1. The van der Waals surface area contributed by atoms with Gasteiger partial charge in [0.2, 0.25) is 0 Å². The van der Waals surface area contributed by atoms with Gasteiger partial charge in [0, 0.05) is 42.5 Å². The average Bonchev–Trinajstić information content (AvgIpc) is 2.84. The molecule has 0 aliphatic carbocycles. The quantitative estimate of drug-likeness (QED) is 0.481. The third-order valence-electron chi connectivity index (χ3n) is 5.83. The van der Waals surface area contributed by atoms with Crippen molar-refractivity contribution in [3.8, 4) is 11.3 Å². The lowest BCUT2D eigenvalue weighted by Crippen LogP contribution is -2.43. The van der Waals surface area contributed by atoms with Crippen LogP contribution in [0.1, 0.15) is 47.5 Å². The number of pyridine rings is 2. The van der Waals surface area contributed by atoms with Crippen LogP contribution >= 0.6 is 0 Å². The van der Waals surface area contributed by atoms with Gasteiger partial charge in [0.05, 0.1) is 23.3 Å². The van der Waals surface area contributed by atoms with Crippen LogP contribution in [0.5, 0.6) is 0 Å². The molecule has 0 spiro atoms. The van der Waals surface area contributed by atoms with Crippen LogP contribution in [0.3, 0.4) is 0 Å². The van der Waals surface area contributed by atoms with Crippen molar-refractivity contribution in [1.82, 2.24) is 15.3 Å². The number of hydrogen-bond donors (Lipinski definition) is 3. The second kappa shape index (κ2) is 10.8. The van der Waals surface area contributed by atoms with E-state index >= 15 is 0 Å². The molecule has 0 bridgehead atoms. The van der Waals surface area contributed by atoms with E-state index in [1.807, 2.05) is 13.8 Å². The van der Waals surface area contributed by atoms with E-state index in [4.69, 9.17) is 5.73 Å². The summed E-state index contributed by atoms with van der Waals surface area (Å²) >= 11 is 0. The number of aromatic nitrogens is 2. The zero-order chi connectivity index (χ0) is 25.8. The Morgan fingerprint density at radius 2 is 1.89 bits per heavy atom. The highest BCUT2D eigenvalue weighted by atomic mass is 19.1. The first-order valence-electron chi connectivity index (χ1n) is 11.8. The number of anilines is 2. The Bertz CT molecular complexity index is 1280. The molecule has 10 heteroatoms. The SMILES string of the molecule is CC(C)NC(=O)c1ccc(F)c(-c2ccc(F)c(C(=O)Nc3cnccc3N3CCCC(N)C3)n2)c1. The van der Waals surface area contributed by atoms with Crippen LogP contribution in [-0.4, -0.2) is 47.0 Å². The van der Waals surface area contributed by atoms with Gasteiger partial charge in [0.25, 0.3) is 11.8 Å². The third kappa shape index (κ3) is 5.65. The molecule has 1 saturated heterocycles. The highest BCUT2D eigenvalue weighted by Gasteiger charge is 2.22. The Morgan fingerprint density at radius 1 is 1.11 bits per heavy atom. The molecular formula is C26H28F2N6O2. The van der Waals surface area contributed by atoms with Crippen LogP contribution in [0, 0.1) is 11.6 Å². The van der Waals surface area contributed by atoms with Crippen molar-refractivity contribution in [3.05, 3.63) is 71.7 Å². The first kappa shape index (κ1) is 25.2. The van der Waals surface area contributed by atoms with Crippen molar-refractivity contribution >= 4 is 23.2 Å². The van der Waals surface area contributed by atoms with Crippen LogP contribution in [0.15, 0.2) is 48.8 Å². The van der Waals surface area contributed by atoms with Crippen molar-refractivity contribution in [1.29, 1.82) is 0 Å². The number of amides is 2. The molecule has 1 aromatic carbocycles. The largest absolute Gasteiger partial charge is 0.368 e. The number of nitrogens with one attached hydrogen (secondary N) is 2. The van der Waals surface area contributed by atoms with Gasteiger partial charge in [-0.1, -0.05) is 0 Å². The standard InChI is InChI=1S/C26H28F2N6O2/c1-15(2)31-25(35)16-5-6-19(27)18(12-16)21-8-7-20(28)24(32-21)26(36)33-22-13-30-10-9-23(22)34-11-3-4-17(29)14-34/h5-10,12-13,15,17H,3-4,11,14,29H2,1-2H3,(H,31,35)(H,33,36). The lowest BCUT2D eigenvalue weighted by atomic mass is 10.1. The number of piperidine rings is 1. The van der Waals surface area contributed by atoms with Gasteiger partial charge < -0.3 is 21.3 Å². The molecule has 2 amide bonds. The van der Waals surface area contributed by atoms with Gasteiger partial charge in [-0.2, -0.15) is 0 Å². The highest BCUT2D eigenvalue weighted by Crippen LogP contribution is 2.28. The number of rotatable bonds is 6. The lowest BCUT2D eigenvalue weighted by molar-refractivity contribution is 0.0942. The maximum Gasteiger partial charge on any atom is 0.277 e. The Hall–Kier alpha value is -3.92. The van der Waals surface area contributed by atoms with E-state index in [1.54, 1.807) is 12.3 Å². The average molecular weight is 495 g/mol. The molecule has 1 unspecified atom stereocenters. The monoisotopic (exact) mass is 494 g/mol. The molecule has 1 aliphatic heterocycles. The fourth-order valence-electron chi connectivity index (χ4n) is 4.13. The Kier molecular flexibility index (Phi) is 7.54. The molecule has 0 saturated carbocycles. The van der Waals surface area contributed by atoms with E-state index in [2.05, 4.69) is 25.5 Å². The summed E-state index contributed by atoms with van der Waals surface area (Å²) in [5, 5.41) is 5.41. The van der Waals surface area contributed by atoms with Gasteiger partial charge in [-0.05, 0) is 63.1 Å². The van der Waals surface area contributed by atoms with Gasteiger partial charge in [0.15, 0.2) is 11.5 Å². The summed E-state index contributed by atoms with van der Waals surface area (Å²) in [5.41, 5.74) is 6.93. The smallest absolute Gasteiger partial charge is 0.277 e. The summed E-state index contributed by atoms with van der Waals surface area (Å²) in [6.07, 6.45) is 4.92.